The summed E-state index contributed by atoms with van der Waals surface area (Å²) in [6, 6.07) is 0. The molecule has 1 unspecified atom stereocenters. The molecule has 1 atom stereocenters. The fourth-order valence-corrected chi connectivity index (χ4v) is 4.66. The number of nitrogens with one attached hydrogen (secondary N) is 1. The first-order chi connectivity index (χ1) is 11.2. The van der Waals surface area contributed by atoms with Gasteiger partial charge in [0.05, 0.1) is 0 Å². The Morgan fingerprint density at radius 3 is 2.65 bits per heavy atom. The number of hydrogen-bond acceptors (Lipinski definition) is 3. The monoisotopic (exact) mass is 316 g/mol. The second-order valence-electron chi connectivity index (χ2n) is 7.68. The molecule has 126 valence electrons. The lowest BCUT2D eigenvalue weighted by Gasteiger charge is -2.32. The molecule has 1 N–H and O–H groups in total. The molecule has 2 aliphatic heterocycles. The number of aryl methyl sites for hydroxylation is 1. The van der Waals surface area contributed by atoms with E-state index in [0.717, 1.165) is 31.8 Å². The van der Waals surface area contributed by atoms with Crippen molar-refractivity contribution in [2.75, 3.05) is 33.2 Å². The highest BCUT2D eigenvalue weighted by molar-refractivity contribution is 5.94. The number of aromatic amines is 1. The zero-order chi connectivity index (χ0) is 15.8. The van der Waals surface area contributed by atoms with Crippen molar-refractivity contribution >= 4 is 5.91 Å². The molecule has 5 nitrogen and oxygen atoms in total. The van der Waals surface area contributed by atoms with Gasteiger partial charge in [-0.2, -0.15) is 5.10 Å². The largest absolute Gasteiger partial charge is 0.337 e. The van der Waals surface area contributed by atoms with E-state index in [4.69, 9.17) is 0 Å². The van der Waals surface area contributed by atoms with Gasteiger partial charge in [-0.15, -0.1) is 0 Å². The summed E-state index contributed by atoms with van der Waals surface area (Å²) in [5, 5.41) is 7.47. The van der Waals surface area contributed by atoms with Crippen molar-refractivity contribution in [3.63, 3.8) is 0 Å². The Kier molecular flexibility index (Phi) is 4.14. The molecule has 0 spiro atoms. The number of hydrogen-bond donors (Lipinski definition) is 1. The summed E-state index contributed by atoms with van der Waals surface area (Å²) in [6.07, 6.45) is 8.22. The quantitative estimate of drug-likeness (QED) is 0.909. The number of rotatable bonds is 2. The third kappa shape index (κ3) is 2.91. The lowest BCUT2D eigenvalue weighted by Crippen LogP contribution is -2.35. The molecular formula is C18H28N4O. The minimum atomic E-state index is 0.167. The molecule has 1 aromatic rings. The summed E-state index contributed by atoms with van der Waals surface area (Å²) in [4.78, 5) is 17.4. The molecule has 3 heterocycles. The van der Waals surface area contributed by atoms with Gasteiger partial charge in [0.25, 0.3) is 5.91 Å². The average Bonchev–Trinajstić information content (AvgIpc) is 3.22. The second kappa shape index (κ2) is 6.27. The van der Waals surface area contributed by atoms with Gasteiger partial charge in [0.1, 0.15) is 0 Å². The van der Waals surface area contributed by atoms with Crippen LogP contribution in [0.15, 0.2) is 0 Å². The van der Waals surface area contributed by atoms with E-state index in [-0.39, 0.29) is 5.91 Å². The number of likely N-dealkylation sites (tertiary alicyclic amines) is 2. The number of H-pyrrole nitrogens is 1. The third-order valence-corrected chi connectivity index (χ3v) is 6.20. The Morgan fingerprint density at radius 1 is 1.09 bits per heavy atom. The number of piperidine rings is 1. The predicted octanol–water partition coefficient (Wildman–Crippen LogP) is 2.09. The highest BCUT2D eigenvalue weighted by Crippen LogP contribution is 2.32. The van der Waals surface area contributed by atoms with Crippen molar-refractivity contribution in [2.24, 2.45) is 11.8 Å². The number of nitrogens with zero attached hydrogens (tertiary/aromatic N) is 3. The van der Waals surface area contributed by atoms with Gasteiger partial charge >= 0.3 is 0 Å². The smallest absolute Gasteiger partial charge is 0.274 e. The Balaban J connectivity index is 1.41. The number of aromatic nitrogens is 2. The summed E-state index contributed by atoms with van der Waals surface area (Å²) in [7, 11) is 2.21. The molecule has 2 saturated heterocycles. The Morgan fingerprint density at radius 2 is 1.83 bits per heavy atom. The Hall–Kier alpha value is -1.36. The van der Waals surface area contributed by atoms with Crippen LogP contribution in [0.1, 0.15) is 53.8 Å². The van der Waals surface area contributed by atoms with E-state index >= 15 is 0 Å². The zero-order valence-corrected chi connectivity index (χ0v) is 14.2. The molecule has 0 aromatic carbocycles. The molecule has 0 bridgehead atoms. The normalized spacial score (nSPS) is 26.5. The first-order valence-electron chi connectivity index (χ1n) is 9.26. The van der Waals surface area contributed by atoms with Crippen molar-refractivity contribution in [1.29, 1.82) is 0 Å². The lowest BCUT2D eigenvalue weighted by molar-refractivity contribution is 0.0769. The van der Waals surface area contributed by atoms with Crippen LogP contribution in [0.5, 0.6) is 0 Å². The van der Waals surface area contributed by atoms with E-state index in [1.165, 1.54) is 56.5 Å². The van der Waals surface area contributed by atoms with E-state index in [1.54, 1.807) is 0 Å². The first-order valence-corrected chi connectivity index (χ1v) is 9.26. The van der Waals surface area contributed by atoms with E-state index < -0.39 is 0 Å². The number of carbonyl (C=O) groups excluding carboxylic acids is 1. The van der Waals surface area contributed by atoms with E-state index in [2.05, 4.69) is 27.0 Å². The van der Waals surface area contributed by atoms with Crippen LogP contribution in [0.2, 0.25) is 0 Å². The van der Waals surface area contributed by atoms with E-state index in [0.29, 0.717) is 11.6 Å². The first kappa shape index (κ1) is 15.2. The minimum Gasteiger partial charge on any atom is -0.337 e. The summed E-state index contributed by atoms with van der Waals surface area (Å²) in [6.45, 7) is 4.27. The Labute approximate surface area is 138 Å². The maximum Gasteiger partial charge on any atom is 0.274 e. The van der Waals surface area contributed by atoms with Crippen LogP contribution in [-0.4, -0.2) is 59.1 Å². The van der Waals surface area contributed by atoms with Gasteiger partial charge in [0.15, 0.2) is 5.69 Å². The van der Waals surface area contributed by atoms with Crippen LogP contribution in [0, 0.1) is 11.8 Å². The molecule has 1 aliphatic carbocycles. The molecule has 2 fully saturated rings. The standard InChI is InChI=1S/C18H28N4O/c1-21-9-6-13(7-10-21)14-8-11-22(12-14)18(23)17-15-4-2-3-5-16(15)19-20-17/h13-14H,2-12H2,1H3,(H,19,20). The van der Waals surface area contributed by atoms with Crippen LogP contribution in [0.25, 0.3) is 0 Å². The molecule has 23 heavy (non-hydrogen) atoms. The SMILES string of the molecule is CN1CCC(C2CCN(C(=O)c3n[nH]c4c3CCCC4)C2)CC1. The molecule has 1 amide bonds. The summed E-state index contributed by atoms with van der Waals surface area (Å²) >= 11 is 0. The summed E-state index contributed by atoms with van der Waals surface area (Å²) in [5.41, 5.74) is 3.11. The molecule has 4 rings (SSSR count). The maximum absolute atomic E-state index is 12.9. The molecule has 0 saturated carbocycles. The molecular weight excluding hydrogens is 288 g/mol. The van der Waals surface area contributed by atoms with Gasteiger partial charge in [0, 0.05) is 24.3 Å². The minimum absolute atomic E-state index is 0.167. The van der Waals surface area contributed by atoms with E-state index in [9.17, 15) is 4.79 Å². The highest BCUT2D eigenvalue weighted by Gasteiger charge is 2.35. The van der Waals surface area contributed by atoms with Crippen molar-refractivity contribution < 1.29 is 4.79 Å². The molecule has 5 heteroatoms. The summed E-state index contributed by atoms with van der Waals surface area (Å²) in [5.74, 6) is 1.67. The van der Waals surface area contributed by atoms with Crippen molar-refractivity contribution in [3.8, 4) is 0 Å². The van der Waals surface area contributed by atoms with Crippen LogP contribution in [0.4, 0.5) is 0 Å². The Bertz CT molecular complexity index is 574. The molecule has 0 radical (unpaired) electrons. The highest BCUT2D eigenvalue weighted by atomic mass is 16.2. The van der Waals surface area contributed by atoms with Crippen molar-refractivity contribution in [3.05, 3.63) is 17.0 Å². The number of amides is 1. The van der Waals surface area contributed by atoms with Crippen LogP contribution in [0.3, 0.4) is 0 Å². The van der Waals surface area contributed by atoms with Crippen LogP contribution in [-0.2, 0) is 12.8 Å². The van der Waals surface area contributed by atoms with Crippen molar-refractivity contribution in [2.45, 2.75) is 44.9 Å². The molecule has 1 aromatic heterocycles. The fraction of sp³-hybridized carbons (Fsp3) is 0.778. The van der Waals surface area contributed by atoms with Gasteiger partial charge in [-0.3, -0.25) is 9.89 Å². The predicted molar refractivity (Wildman–Crippen MR) is 89.5 cm³/mol. The summed E-state index contributed by atoms with van der Waals surface area (Å²) < 4.78 is 0. The van der Waals surface area contributed by atoms with Gasteiger partial charge in [0.2, 0.25) is 0 Å². The van der Waals surface area contributed by atoms with Crippen molar-refractivity contribution in [1.82, 2.24) is 20.0 Å². The fourth-order valence-electron chi connectivity index (χ4n) is 4.66. The third-order valence-electron chi connectivity index (χ3n) is 6.20. The lowest BCUT2D eigenvalue weighted by atomic mass is 9.84. The van der Waals surface area contributed by atoms with Crippen LogP contribution >= 0.6 is 0 Å². The van der Waals surface area contributed by atoms with Gasteiger partial charge in [-0.25, -0.2) is 0 Å². The van der Waals surface area contributed by atoms with Gasteiger partial charge in [-0.05, 0) is 76.9 Å². The number of fused-ring (bicyclic) bond motifs is 1. The van der Waals surface area contributed by atoms with Gasteiger partial charge in [-0.1, -0.05) is 0 Å². The maximum atomic E-state index is 12.9. The van der Waals surface area contributed by atoms with Gasteiger partial charge < -0.3 is 9.80 Å². The van der Waals surface area contributed by atoms with Crippen LogP contribution < -0.4 is 0 Å². The molecule has 3 aliphatic rings. The van der Waals surface area contributed by atoms with E-state index in [1.807, 2.05) is 0 Å². The topological polar surface area (TPSA) is 52.2 Å². The zero-order valence-electron chi connectivity index (χ0n) is 14.2. The number of carbonyl (C=O) groups is 1. The average molecular weight is 316 g/mol. The second-order valence-corrected chi connectivity index (χ2v) is 7.68.